The predicted molar refractivity (Wildman–Crippen MR) is 109 cm³/mol. The number of rotatable bonds is 5. The van der Waals surface area contributed by atoms with Crippen molar-refractivity contribution in [3.05, 3.63) is 48.0 Å². The highest BCUT2D eigenvalue weighted by Crippen LogP contribution is 2.38. The molecule has 2 aliphatic carbocycles. The molecule has 3 aliphatic rings. The number of allylic oxidation sites excluding steroid dienone is 2. The zero-order chi connectivity index (χ0) is 19.3. The maximum Gasteiger partial charge on any atom is 0.310 e. The van der Waals surface area contributed by atoms with Gasteiger partial charge < -0.3 is 9.64 Å². The maximum absolute atomic E-state index is 13.3. The van der Waals surface area contributed by atoms with Crippen LogP contribution in [0.1, 0.15) is 50.5 Å². The smallest absolute Gasteiger partial charge is 0.310 e. The van der Waals surface area contributed by atoms with Gasteiger partial charge in [-0.1, -0.05) is 48.9 Å². The van der Waals surface area contributed by atoms with Crippen LogP contribution in [0.15, 0.2) is 42.5 Å². The number of nitrogens with zero attached hydrogens (tertiary/aromatic N) is 1. The van der Waals surface area contributed by atoms with Crippen LogP contribution in [0.25, 0.3) is 0 Å². The van der Waals surface area contributed by atoms with Crippen molar-refractivity contribution in [1.29, 1.82) is 0 Å². The first-order chi connectivity index (χ1) is 13.7. The van der Waals surface area contributed by atoms with Gasteiger partial charge in [0.1, 0.15) is 6.10 Å². The second kappa shape index (κ2) is 8.93. The number of esters is 1. The number of amides is 1. The summed E-state index contributed by atoms with van der Waals surface area (Å²) in [4.78, 5) is 28.2. The lowest BCUT2D eigenvalue weighted by atomic mass is 9.71. The fraction of sp³-hybridized carbons (Fsp3) is 0.583. The topological polar surface area (TPSA) is 46.6 Å². The van der Waals surface area contributed by atoms with E-state index in [-0.39, 0.29) is 35.7 Å². The lowest BCUT2D eigenvalue weighted by Gasteiger charge is -2.41. The Labute approximate surface area is 167 Å². The molecule has 150 valence electrons. The molecular formula is C24H31NO3. The van der Waals surface area contributed by atoms with E-state index in [2.05, 4.69) is 24.3 Å². The van der Waals surface area contributed by atoms with E-state index in [4.69, 9.17) is 4.74 Å². The molecule has 28 heavy (non-hydrogen) atoms. The normalized spacial score (nSPS) is 28.1. The minimum absolute atomic E-state index is 0.0542. The van der Waals surface area contributed by atoms with Crippen molar-refractivity contribution in [3.8, 4) is 0 Å². The molecule has 1 saturated carbocycles. The number of hydrogen-bond donors (Lipinski definition) is 0. The first kappa shape index (κ1) is 19.2. The molecule has 0 radical (unpaired) electrons. The van der Waals surface area contributed by atoms with Gasteiger partial charge in [0.15, 0.2) is 0 Å². The van der Waals surface area contributed by atoms with E-state index >= 15 is 0 Å². The third kappa shape index (κ3) is 4.31. The summed E-state index contributed by atoms with van der Waals surface area (Å²) in [6, 6.07) is 10.3. The van der Waals surface area contributed by atoms with Gasteiger partial charge in [0.2, 0.25) is 5.91 Å². The summed E-state index contributed by atoms with van der Waals surface area (Å²) in [5.74, 6) is -0.390. The summed E-state index contributed by atoms with van der Waals surface area (Å²) < 4.78 is 5.85. The fourth-order valence-corrected chi connectivity index (χ4v) is 5.03. The highest BCUT2D eigenvalue weighted by molar-refractivity contribution is 5.87. The van der Waals surface area contributed by atoms with Crippen molar-refractivity contribution in [2.75, 3.05) is 13.1 Å². The largest absolute Gasteiger partial charge is 0.462 e. The summed E-state index contributed by atoms with van der Waals surface area (Å²) in [6.45, 7) is 1.50. The summed E-state index contributed by atoms with van der Waals surface area (Å²) >= 11 is 0. The maximum atomic E-state index is 13.3. The molecule has 4 rings (SSSR count). The van der Waals surface area contributed by atoms with Gasteiger partial charge in [-0.15, -0.1) is 0 Å². The summed E-state index contributed by atoms with van der Waals surface area (Å²) in [5, 5.41) is 0. The molecule has 1 aliphatic heterocycles. The number of carbonyl (C=O) groups is 2. The molecule has 0 bridgehead atoms. The van der Waals surface area contributed by atoms with Crippen molar-refractivity contribution in [2.24, 2.45) is 17.8 Å². The van der Waals surface area contributed by atoms with E-state index in [9.17, 15) is 9.59 Å². The Morgan fingerprint density at radius 3 is 2.64 bits per heavy atom. The van der Waals surface area contributed by atoms with Gasteiger partial charge in [-0.05, 0) is 56.4 Å². The molecule has 4 nitrogen and oxygen atoms in total. The fourth-order valence-electron chi connectivity index (χ4n) is 5.03. The van der Waals surface area contributed by atoms with Crippen LogP contribution in [0, 0.1) is 17.8 Å². The minimum Gasteiger partial charge on any atom is -0.462 e. The minimum atomic E-state index is -0.316. The Hall–Kier alpha value is -2.10. The van der Waals surface area contributed by atoms with Gasteiger partial charge >= 0.3 is 5.97 Å². The molecule has 0 aromatic heterocycles. The van der Waals surface area contributed by atoms with Crippen LogP contribution in [0.5, 0.6) is 0 Å². The number of piperidine rings is 1. The molecule has 2 fully saturated rings. The monoisotopic (exact) mass is 381 g/mol. The highest BCUT2D eigenvalue weighted by Gasteiger charge is 2.45. The van der Waals surface area contributed by atoms with E-state index < -0.39 is 0 Å². The van der Waals surface area contributed by atoms with Crippen LogP contribution >= 0.6 is 0 Å². The number of benzene rings is 1. The number of carbonyl (C=O) groups excluding carboxylic acids is 2. The number of ether oxygens (including phenoxy) is 1. The molecule has 1 aromatic carbocycles. The zero-order valence-electron chi connectivity index (χ0n) is 16.6. The van der Waals surface area contributed by atoms with Crippen molar-refractivity contribution in [3.63, 3.8) is 0 Å². The van der Waals surface area contributed by atoms with Gasteiger partial charge in [0.25, 0.3) is 0 Å². The number of fused-ring (bicyclic) bond motifs is 1. The SMILES string of the molecule is O=C(OC1CCCCC1)[C@H]1CC=CC2CCN(CCc3ccccc3)C(=O)C21. The Balaban J connectivity index is 1.41. The lowest BCUT2D eigenvalue weighted by Crippen LogP contribution is -2.51. The molecule has 0 spiro atoms. The van der Waals surface area contributed by atoms with Crippen molar-refractivity contribution in [1.82, 2.24) is 4.90 Å². The van der Waals surface area contributed by atoms with Crippen LogP contribution in [-0.4, -0.2) is 36.0 Å². The molecule has 3 atom stereocenters. The molecule has 1 amide bonds. The van der Waals surface area contributed by atoms with Crippen molar-refractivity contribution in [2.45, 2.75) is 57.5 Å². The van der Waals surface area contributed by atoms with Crippen LogP contribution in [0.2, 0.25) is 0 Å². The van der Waals surface area contributed by atoms with Gasteiger partial charge in [-0.2, -0.15) is 0 Å². The second-order valence-electron chi connectivity index (χ2n) is 8.51. The Bertz CT molecular complexity index is 708. The third-order valence-electron chi connectivity index (χ3n) is 6.65. The van der Waals surface area contributed by atoms with Crippen molar-refractivity contribution >= 4 is 11.9 Å². The molecule has 4 heteroatoms. The lowest BCUT2D eigenvalue weighted by molar-refractivity contribution is -0.164. The molecule has 1 heterocycles. The van der Waals surface area contributed by atoms with Gasteiger partial charge in [0, 0.05) is 13.1 Å². The average Bonchev–Trinajstić information content (AvgIpc) is 2.74. The zero-order valence-corrected chi connectivity index (χ0v) is 16.6. The Kier molecular flexibility index (Phi) is 6.13. The van der Waals surface area contributed by atoms with E-state index in [0.29, 0.717) is 6.42 Å². The van der Waals surface area contributed by atoms with Crippen LogP contribution in [0.3, 0.4) is 0 Å². The molecular weight excluding hydrogens is 350 g/mol. The third-order valence-corrected chi connectivity index (χ3v) is 6.65. The number of likely N-dealkylation sites (tertiary alicyclic amines) is 1. The first-order valence-corrected chi connectivity index (χ1v) is 10.9. The van der Waals surface area contributed by atoms with E-state index in [0.717, 1.165) is 51.6 Å². The molecule has 2 unspecified atom stereocenters. The molecule has 1 saturated heterocycles. The van der Waals surface area contributed by atoms with E-state index in [1.165, 1.54) is 12.0 Å². The van der Waals surface area contributed by atoms with Gasteiger partial charge in [-0.3, -0.25) is 9.59 Å². The van der Waals surface area contributed by atoms with Crippen LogP contribution < -0.4 is 0 Å². The standard InChI is InChI=1S/C24H31NO3/c26-23-22-19(15-17-25(23)16-14-18-8-3-1-4-9-18)10-7-13-21(22)24(27)28-20-11-5-2-6-12-20/h1,3-4,7-10,19-22H,2,5-6,11-17H2/t19?,21-,22?/m0/s1. The van der Waals surface area contributed by atoms with E-state index in [1.54, 1.807) is 0 Å². The first-order valence-electron chi connectivity index (χ1n) is 10.9. The predicted octanol–water partition coefficient (Wildman–Crippen LogP) is 4.15. The van der Waals surface area contributed by atoms with E-state index in [1.807, 2.05) is 23.1 Å². The highest BCUT2D eigenvalue weighted by atomic mass is 16.5. The van der Waals surface area contributed by atoms with Gasteiger partial charge in [0.05, 0.1) is 11.8 Å². The molecule has 1 aromatic rings. The van der Waals surface area contributed by atoms with Gasteiger partial charge in [-0.25, -0.2) is 0 Å². The summed E-state index contributed by atoms with van der Waals surface area (Å²) in [6.07, 6.45) is 12.2. The quantitative estimate of drug-likeness (QED) is 0.569. The Morgan fingerprint density at radius 2 is 1.86 bits per heavy atom. The second-order valence-corrected chi connectivity index (χ2v) is 8.51. The van der Waals surface area contributed by atoms with Crippen molar-refractivity contribution < 1.29 is 14.3 Å². The Morgan fingerprint density at radius 1 is 1.07 bits per heavy atom. The van der Waals surface area contributed by atoms with Crippen LogP contribution in [-0.2, 0) is 20.7 Å². The summed E-state index contributed by atoms with van der Waals surface area (Å²) in [5.41, 5.74) is 1.24. The summed E-state index contributed by atoms with van der Waals surface area (Å²) in [7, 11) is 0. The van der Waals surface area contributed by atoms with Crippen LogP contribution in [0.4, 0.5) is 0 Å². The average molecular weight is 382 g/mol. The molecule has 0 N–H and O–H groups in total. The number of hydrogen-bond acceptors (Lipinski definition) is 3.